The average molecular weight is 203 g/mol. The van der Waals surface area contributed by atoms with E-state index in [1.165, 1.54) is 0 Å². The molecule has 0 amide bonds. The quantitative estimate of drug-likeness (QED) is 0.589. The fraction of sp³-hybridized carbons (Fsp3) is 0.778. The molecule has 0 saturated heterocycles. The highest BCUT2D eigenvalue weighted by molar-refractivity contribution is 5.78. The van der Waals surface area contributed by atoms with Crippen LogP contribution >= 0.6 is 0 Å². The van der Waals surface area contributed by atoms with Gasteiger partial charge in [-0.15, -0.1) is 0 Å². The Morgan fingerprint density at radius 2 is 1.71 bits per heavy atom. The minimum Gasteiger partial charge on any atom is -0.481 e. The molecule has 0 aromatic rings. The topological polar surface area (TPSA) is 101 Å². The lowest BCUT2D eigenvalue weighted by Gasteiger charge is -2.28. The number of carbonyl (C=O) groups is 2. The van der Waals surface area contributed by atoms with E-state index >= 15 is 0 Å². The first-order valence-electron chi connectivity index (χ1n) is 4.61. The number of hydrogen-bond acceptors (Lipinski definition) is 3. The van der Waals surface area contributed by atoms with E-state index in [0.29, 0.717) is 12.8 Å². The summed E-state index contributed by atoms with van der Waals surface area (Å²) in [4.78, 5) is 21.5. The van der Waals surface area contributed by atoms with Crippen molar-refractivity contribution in [3.05, 3.63) is 0 Å². The van der Waals surface area contributed by atoms with Crippen molar-refractivity contribution in [2.75, 3.05) is 0 Å². The number of aliphatic carboxylic acids is 2. The van der Waals surface area contributed by atoms with Gasteiger partial charge in [-0.05, 0) is 19.3 Å². The van der Waals surface area contributed by atoms with Crippen molar-refractivity contribution in [3.63, 3.8) is 0 Å². The van der Waals surface area contributed by atoms with Crippen LogP contribution in [-0.2, 0) is 9.59 Å². The maximum absolute atomic E-state index is 11.0. The molecule has 0 aliphatic carbocycles. The lowest BCUT2D eigenvalue weighted by atomic mass is 9.77. The first-order chi connectivity index (χ1) is 6.39. The summed E-state index contributed by atoms with van der Waals surface area (Å²) in [6.45, 7) is 3.46. The third kappa shape index (κ3) is 2.70. The molecule has 0 rings (SSSR count). The van der Waals surface area contributed by atoms with E-state index in [1.807, 2.05) is 0 Å². The molecule has 0 radical (unpaired) electrons. The Bertz CT molecular complexity index is 223. The third-order valence-corrected chi connectivity index (χ3v) is 2.74. The fourth-order valence-electron chi connectivity index (χ4n) is 1.44. The summed E-state index contributed by atoms with van der Waals surface area (Å²) in [5.41, 5.74) is 4.33. The summed E-state index contributed by atoms with van der Waals surface area (Å²) in [5, 5.41) is 17.6. The normalized spacial score (nSPS) is 13.6. The highest BCUT2D eigenvalue weighted by Crippen LogP contribution is 2.31. The lowest BCUT2D eigenvalue weighted by Crippen LogP contribution is -2.41. The van der Waals surface area contributed by atoms with E-state index in [-0.39, 0.29) is 6.42 Å². The molecule has 14 heavy (non-hydrogen) atoms. The molecule has 0 aromatic carbocycles. The van der Waals surface area contributed by atoms with Crippen LogP contribution in [0.15, 0.2) is 0 Å². The first-order valence-corrected chi connectivity index (χ1v) is 4.61. The van der Waals surface area contributed by atoms with Gasteiger partial charge >= 0.3 is 11.9 Å². The van der Waals surface area contributed by atoms with Crippen LogP contribution in [0.1, 0.15) is 33.1 Å². The smallest absolute Gasteiger partial charge is 0.320 e. The predicted molar refractivity (Wildman–Crippen MR) is 50.9 cm³/mol. The van der Waals surface area contributed by atoms with Gasteiger partial charge in [-0.3, -0.25) is 9.59 Å². The van der Waals surface area contributed by atoms with E-state index < -0.39 is 23.4 Å². The molecule has 0 aromatic heterocycles. The van der Waals surface area contributed by atoms with Crippen LogP contribution in [-0.4, -0.2) is 28.2 Å². The number of carboxylic acid groups (broad SMARTS) is 2. The highest BCUT2D eigenvalue weighted by Gasteiger charge is 2.38. The molecule has 0 fully saturated rings. The van der Waals surface area contributed by atoms with E-state index in [1.54, 1.807) is 13.8 Å². The molecule has 0 unspecified atom stereocenters. The number of nitrogens with two attached hydrogens (primary N) is 1. The molecular formula is C9H17NO4. The molecule has 0 aliphatic rings. The van der Waals surface area contributed by atoms with Gasteiger partial charge in [0.1, 0.15) is 6.04 Å². The predicted octanol–water partition coefficient (Wildman–Crippen LogP) is 0.679. The van der Waals surface area contributed by atoms with Crippen LogP contribution in [0.4, 0.5) is 0 Å². The van der Waals surface area contributed by atoms with Crippen molar-refractivity contribution in [1.29, 1.82) is 0 Å². The molecule has 1 atom stereocenters. The van der Waals surface area contributed by atoms with Gasteiger partial charge in [-0.1, -0.05) is 13.8 Å². The van der Waals surface area contributed by atoms with Crippen LogP contribution in [0.5, 0.6) is 0 Å². The highest BCUT2D eigenvalue weighted by atomic mass is 16.4. The van der Waals surface area contributed by atoms with Gasteiger partial charge < -0.3 is 15.9 Å². The second kappa shape index (κ2) is 4.95. The molecule has 5 nitrogen and oxygen atoms in total. The van der Waals surface area contributed by atoms with Gasteiger partial charge in [0.15, 0.2) is 0 Å². The monoisotopic (exact) mass is 203 g/mol. The molecule has 82 valence electrons. The van der Waals surface area contributed by atoms with Crippen LogP contribution in [0.3, 0.4) is 0 Å². The third-order valence-electron chi connectivity index (χ3n) is 2.74. The maximum Gasteiger partial charge on any atom is 0.320 e. The maximum atomic E-state index is 11.0. The van der Waals surface area contributed by atoms with Gasteiger partial charge in [-0.2, -0.15) is 0 Å². The summed E-state index contributed by atoms with van der Waals surface area (Å²) in [5.74, 6) is -2.13. The zero-order valence-corrected chi connectivity index (χ0v) is 8.49. The van der Waals surface area contributed by atoms with Gasteiger partial charge in [0.2, 0.25) is 0 Å². The fourth-order valence-corrected chi connectivity index (χ4v) is 1.44. The Labute approximate surface area is 82.9 Å². The minimum absolute atomic E-state index is 0.0231. The van der Waals surface area contributed by atoms with Gasteiger partial charge in [0.25, 0.3) is 0 Å². The van der Waals surface area contributed by atoms with Gasteiger partial charge in [0, 0.05) is 0 Å². The Kier molecular flexibility index (Phi) is 4.56. The molecule has 0 bridgehead atoms. The SMILES string of the molecule is CCC(CC)(C[C@H](N)C(=O)O)C(=O)O. The molecule has 5 heteroatoms. The summed E-state index contributed by atoms with van der Waals surface area (Å²) in [6, 6.07) is -1.11. The summed E-state index contributed by atoms with van der Waals surface area (Å²) < 4.78 is 0. The second-order valence-corrected chi connectivity index (χ2v) is 3.44. The second-order valence-electron chi connectivity index (χ2n) is 3.44. The summed E-state index contributed by atoms with van der Waals surface area (Å²) in [6.07, 6.45) is 0.754. The van der Waals surface area contributed by atoms with Gasteiger partial charge in [0.05, 0.1) is 5.41 Å². The van der Waals surface area contributed by atoms with Crippen LogP contribution in [0, 0.1) is 5.41 Å². The van der Waals surface area contributed by atoms with Crippen molar-refractivity contribution in [2.45, 2.75) is 39.2 Å². The van der Waals surface area contributed by atoms with Crippen molar-refractivity contribution in [2.24, 2.45) is 11.1 Å². The molecule has 0 aliphatic heterocycles. The Morgan fingerprint density at radius 1 is 1.29 bits per heavy atom. The van der Waals surface area contributed by atoms with Crippen molar-refractivity contribution in [1.82, 2.24) is 0 Å². The first kappa shape index (κ1) is 12.9. The molecular weight excluding hydrogens is 186 g/mol. The Morgan fingerprint density at radius 3 is 1.93 bits per heavy atom. The molecule has 0 heterocycles. The van der Waals surface area contributed by atoms with E-state index in [4.69, 9.17) is 15.9 Å². The standard InChI is InChI=1S/C9H17NO4/c1-3-9(4-2,8(13)14)5-6(10)7(11)12/h6H,3-5,10H2,1-2H3,(H,11,12)(H,13,14)/t6-/m0/s1. The van der Waals surface area contributed by atoms with E-state index in [2.05, 4.69) is 0 Å². The summed E-state index contributed by atoms with van der Waals surface area (Å²) >= 11 is 0. The molecule has 0 spiro atoms. The van der Waals surface area contributed by atoms with Crippen LogP contribution in [0.2, 0.25) is 0 Å². The van der Waals surface area contributed by atoms with Crippen molar-refractivity contribution >= 4 is 11.9 Å². The van der Waals surface area contributed by atoms with Gasteiger partial charge in [-0.25, -0.2) is 0 Å². The van der Waals surface area contributed by atoms with Crippen molar-refractivity contribution < 1.29 is 19.8 Å². The zero-order valence-electron chi connectivity index (χ0n) is 8.49. The Balaban J connectivity index is 4.67. The van der Waals surface area contributed by atoms with Crippen LogP contribution < -0.4 is 5.73 Å². The lowest BCUT2D eigenvalue weighted by molar-refractivity contribution is -0.151. The molecule has 0 saturated carbocycles. The van der Waals surface area contributed by atoms with E-state index in [9.17, 15) is 9.59 Å². The van der Waals surface area contributed by atoms with Crippen LogP contribution in [0.25, 0.3) is 0 Å². The zero-order chi connectivity index (χ0) is 11.4. The number of rotatable bonds is 6. The van der Waals surface area contributed by atoms with Crippen molar-refractivity contribution in [3.8, 4) is 0 Å². The molecule has 4 N–H and O–H groups in total. The van der Waals surface area contributed by atoms with E-state index in [0.717, 1.165) is 0 Å². The number of carboxylic acids is 2. The number of hydrogen-bond donors (Lipinski definition) is 3. The Hall–Kier alpha value is -1.10. The average Bonchev–Trinajstić information content (AvgIpc) is 2.13. The largest absolute Gasteiger partial charge is 0.481 e. The summed E-state index contributed by atoms with van der Waals surface area (Å²) in [7, 11) is 0. The minimum atomic E-state index is -1.16.